The van der Waals surface area contributed by atoms with Crippen LogP contribution in [0.2, 0.25) is 0 Å². The van der Waals surface area contributed by atoms with E-state index in [-0.39, 0.29) is 0 Å². The average Bonchev–Trinajstić information content (AvgIpc) is 2.43. The minimum Gasteiger partial charge on any atom is -0.353 e. The maximum absolute atomic E-state index is 4.35. The Balaban J connectivity index is 2.20. The van der Waals surface area contributed by atoms with Gasteiger partial charge in [-0.2, -0.15) is 4.40 Å². The van der Waals surface area contributed by atoms with Gasteiger partial charge in [0.2, 0.25) is 5.96 Å². The molecule has 0 unspecified atom stereocenters. The number of anilines is 1. The van der Waals surface area contributed by atoms with Crippen molar-refractivity contribution in [3.63, 3.8) is 0 Å². The van der Waals surface area contributed by atoms with E-state index in [2.05, 4.69) is 60.7 Å². The number of hydrogen-bond donors (Lipinski definition) is 2. The van der Waals surface area contributed by atoms with E-state index < -0.39 is 0 Å². The van der Waals surface area contributed by atoms with Crippen LogP contribution in [-0.4, -0.2) is 12.0 Å². The highest BCUT2D eigenvalue weighted by atomic mass is 79.9. The molecule has 2 rings (SSSR count). The smallest absolute Gasteiger partial charge is 0.208 e. The Kier molecular flexibility index (Phi) is 3.64. The van der Waals surface area contributed by atoms with E-state index in [4.69, 9.17) is 0 Å². The van der Waals surface area contributed by atoms with Crippen molar-refractivity contribution in [2.75, 3.05) is 5.32 Å². The Hall–Kier alpha value is 0.280. The van der Waals surface area contributed by atoms with Crippen LogP contribution in [0.25, 0.3) is 0 Å². The highest BCUT2D eigenvalue weighted by Gasteiger charge is 2.20. The fourth-order valence-electron chi connectivity index (χ4n) is 1.10. The quantitative estimate of drug-likeness (QED) is 0.732. The van der Waals surface area contributed by atoms with E-state index in [0.717, 1.165) is 19.9 Å². The maximum Gasteiger partial charge on any atom is 0.208 e. The van der Waals surface area contributed by atoms with Gasteiger partial charge < -0.3 is 10.6 Å². The summed E-state index contributed by atoms with van der Waals surface area (Å²) in [5, 5.41) is 6.51. The molecule has 0 aliphatic carbocycles. The van der Waals surface area contributed by atoms with Crippen LogP contribution in [0.15, 0.2) is 16.9 Å². The highest BCUT2D eigenvalue weighted by Crippen LogP contribution is 2.48. The molecule has 1 aliphatic rings. The molecule has 0 radical (unpaired) electrons. The fraction of sp³-hybridized carbons (Fsp3) is 0.375. The predicted octanol–water partition coefficient (Wildman–Crippen LogP) is 4.06. The first-order valence-corrected chi connectivity index (χ1v) is 7.52. The summed E-state index contributed by atoms with van der Waals surface area (Å²) in [7, 11) is 0. The Morgan fingerprint density at radius 3 is 2.80 bits per heavy atom. The SMILES string of the molecule is CC(C)NC1=NSc2sc(Br)c(Br)c2N1. The molecule has 0 bridgehead atoms. The van der Waals surface area contributed by atoms with Crippen LogP contribution >= 0.6 is 55.1 Å². The van der Waals surface area contributed by atoms with Gasteiger partial charge >= 0.3 is 0 Å². The monoisotopic (exact) mass is 369 g/mol. The van der Waals surface area contributed by atoms with Gasteiger partial charge in [-0.3, -0.25) is 0 Å². The van der Waals surface area contributed by atoms with Crippen LogP contribution in [0.4, 0.5) is 5.69 Å². The molecule has 82 valence electrons. The molecule has 7 heteroatoms. The van der Waals surface area contributed by atoms with Gasteiger partial charge in [-0.15, -0.1) is 11.3 Å². The third kappa shape index (κ3) is 2.51. The summed E-state index contributed by atoms with van der Waals surface area (Å²) >= 11 is 10.2. The van der Waals surface area contributed by atoms with Crippen LogP contribution in [0, 0.1) is 0 Å². The van der Waals surface area contributed by atoms with Crippen LogP contribution in [0.1, 0.15) is 13.8 Å². The summed E-state index contributed by atoms with van der Waals surface area (Å²) in [5.74, 6) is 0.813. The number of rotatable bonds is 1. The Bertz CT molecular complexity index is 414. The molecular weight excluding hydrogens is 362 g/mol. The minimum absolute atomic E-state index is 0.374. The van der Waals surface area contributed by atoms with Gasteiger partial charge in [0, 0.05) is 18.0 Å². The van der Waals surface area contributed by atoms with Crippen molar-refractivity contribution in [1.82, 2.24) is 5.32 Å². The minimum atomic E-state index is 0.374. The number of nitrogens with zero attached hydrogens (tertiary/aromatic N) is 1. The molecule has 1 aliphatic heterocycles. The normalized spacial score (nSPS) is 14.6. The van der Waals surface area contributed by atoms with E-state index in [9.17, 15) is 0 Å². The summed E-state index contributed by atoms with van der Waals surface area (Å²) < 4.78 is 7.67. The second-order valence-electron chi connectivity index (χ2n) is 3.31. The first-order chi connectivity index (χ1) is 7.08. The lowest BCUT2D eigenvalue weighted by molar-refractivity contribution is 0.732. The molecule has 0 spiro atoms. The number of fused-ring (bicyclic) bond motifs is 1. The van der Waals surface area contributed by atoms with Crippen LogP contribution < -0.4 is 10.6 Å². The van der Waals surface area contributed by atoms with E-state index >= 15 is 0 Å². The first-order valence-electron chi connectivity index (χ1n) is 4.34. The second-order valence-corrected chi connectivity index (χ2v) is 7.47. The number of nitrogens with one attached hydrogen (secondary N) is 2. The van der Waals surface area contributed by atoms with E-state index in [1.165, 1.54) is 16.2 Å². The lowest BCUT2D eigenvalue weighted by Gasteiger charge is -2.18. The van der Waals surface area contributed by atoms with E-state index in [1.807, 2.05) is 0 Å². The Labute approximate surface area is 114 Å². The standard InChI is InChI=1S/C8H9Br2N3S2/c1-3(2)11-8-12-5-4(9)6(10)14-7(5)15-13-8/h3H,1-2H3,(H2,11,12,13). The van der Waals surface area contributed by atoms with E-state index in [0.29, 0.717) is 6.04 Å². The van der Waals surface area contributed by atoms with Crippen molar-refractivity contribution in [1.29, 1.82) is 0 Å². The molecule has 0 atom stereocenters. The van der Waals surface area contributed by atoms with Gasteiger partial charge in [0.1, 0.15) is 4.21 Å². The summed E-state index contributed by atoms with van der Waals surface area (Å²) in [6, 6.07) is 0.374. The van der Waals surface area contributed by atoms with Crippen LogP contribution in [0.5, 0.6) is 0 Å². The zero-order chi connectivity index (χ0) is 11.0. The molecule has 1 aromatic rings. The van der Waals surface area contributed by atoms with Crippen molar-refractivity contribution in [3.8, 4) is 0 Å². The molecule has 0 saturated heterocycles. The molecule has 15 heavy (non-hydrogen) atoms. The van der Waals surface area contributed by atoms with Crippen LogP contribution in [-0.2, 0) is 0 Å². The summed E-state index contributed by atoms with van der Waals surface area (Å²) in [6.45, 7) is 4.17. The van der Waals surface area contributed by atoms with Gasteiger partial charge in [-0.1, -0.05) is 0 Å². The second kappa shape index (κ2) is 4.65. The number of guanidine groups is 1. The van der Waals surface area contributed by atoms with Gasteiger partial charge in [0.25, 0.3) is 0 Å². The predicted molar refractivity (Wildman–Crippen MR) is 74.9 cm³/mol. The Morgan fingerprint density at radius 1 is 1.40 bits per heavy atom. The Morgan fingerprint density at radius 2 is 2.13 bits per heavy atom. The molecule has 2 heterocycles. The third-order valence-electron chi connectivity index (χ3n) is 1.67. The molecule has 2 N–H and O–H groups in total. The lowest BCUT2D eigenvalue weighted by atomic mass is 10.4. The molecular formula is C8H9Br2N3S2. The summed E-state index contributed by atoms with van der Waals surface area (Å²) in [5.41, 5.74) is 1.09. The topological polar surface area (TPSA) is 36.4 Å². The van der Waals surface area contributed by atoms with Gasteiger partial charge in [-0.05, 0) is 45.7 Å². The third-order valence-corrected chi connectivity index (χ3v) is 6.03. The number of halogens is 2. The summed E-state index contributed by atoms with van der Waals surface area (Å²) in [4.78, 5) is 0. The fourth-order valence-corrected chi connectivity index (χ4v) is 4.54. The maximum atomic E-state index is 4.35. The van der Waals surface area contributed by atoms with Crippen molar-refractivity contribution < 1.29 is 0 Å². The van der Waals surface area contributed by atoms with Crippen molar-refractivity contribution in [3.05, 3.63) is 8.26 Å². The van der Waals surface area contributed by atoms with Gasteiger partial charge in [0.15, 0.2) is 0 Å². The van der Waals surface area contributed by atoms with Crippen molar-refractivity contribution >= 4 is 66.8 Å². The first kappa shape index (κ1) is 11.8. The lowest BCUT2D eigenvalue weighted by Crippen LogP contribution is -2.36. The van der Waals surface area contributed by atoms with Crippen molar-refractivity contribution in [2.24, 2.45) is 4.40 Å². The zero-order valence-corrected chi connectivity index (χ0v) is 12.9. The van der Waals surface area contributed by atoms with Crippen molar-refractivity contribution in [2.45, 2.75) is 24.1 Å². The largest absolute Gasteiger partial charge is 0.353 e. The van der Waals surface area contributed by atoms with Gasteiger partial charge in [-0.25, -0.2) is 0 Å². The average molecular weight is 371 g/mol. The highest BCUT2D eigenvalue weighted by molar-refractivity contribution is 9.13. The molecule has 0 amide bonds. The van der Waals surface area contributed by atoms with Gasteiger partial charge in [0.05, 0.1) is 13.9 Å². The zero-order valence-electron chi connectivity index (χ0n) is 8.10. The number of hydrogen-bond acceptors (Lipinski definition) is 5. The molecule has 3 nitrogen and oxygen atoms in total. The van der Waals surface area contributed by atoms with E-state index in [1.54, 1.807) is 11.3 Å². The molecule has 0 saturated carbocycles. The molecule has 1 aromatic heterocycles. The molecule has 0 aromatic carbocycles. The summed E-state index contributed by atoms with van der Waals surface area (Å²) in [6.07, 6.45) is 0. The molecule has 0 fully saturated rings. The number of thiophene rings is 1. The van der Waals surface area contributed by atoms with Crippen LogP contribution in [0.3, 0.4) is 0 Å².